The van der Waals surface area contributed by atoms with E-state index in [1.54, 1.807) is 12.0 Å². The summed E-state index contributed by atoms with van der Waals surface area (Å²) in [6.07, 6.45) is 1.45. The number of carbonyl (C=O) groups excluding carboxylic acids is 2. The van der Waals surface area contributed by atoms with Crippen LogP contribution in [0.5, 0.6) is 11.5 Å². The fourth-order valence-corrected chi connectivity index (χ4v) is 3.33. The zero-order valence-electron chi connectivity index (χ0n) is 19.0. The molecule has 0 saturated carbocycles. The maximum Gasteiger partial charge on any atom is 0.242 e. The number of benzene rings is 2. The Hall–Kier alpha value is -3.02. The summed E-state index contributed by atoms with van der Waals surface area (Å²) in [5, 5.41) is 2.86. The van der Waals surface area contributed by atoms with Gasteiger partial charge < -0.3 is 19.7 Å². The lowest BCUT2D eigenvalue weighted by Crippen LogP contribution is -2.49. The minimum atomic E-state index is -0.490. The first-order valence-electron chi connectivity index (χ1n) is 10.9. The maximum absolute atomic E-state index is 13.1. The van der Waals surface area contributed by atoms with Crippen LogP contribution in [0.15, 0.2) is 48.5 Å². The Morgan fingerprint density at radius 1 is 1.00 bits per heavy atom. The van der Waals surface area contributed by atoms with E-state index in [-0.39, 0.29) is 11.8 Å². The molecule has 2 aromatic carbocycles. The fraction of sp³-hybridized carbons (Fsp3) is 0.440. The van der Waals surface area contributed by atoms with Crippen molar-refractivity contribution in [2.75, 3.05) is 20.3 Å². The molecule has 0 aliphatic heterocycles. The zero-order chi connectivity index (χ0) is 22.6. The number of likely N-dealkylation sites (N-methyl/N-ethyl adjacent to an activating group) is 1. The minimum absolute atomic E-state index is 0.0444. The van der Waals surface area contributed by atoms with Crippen molar-refractivity contribution in [3.8, 4) is 11.5 Å². The Kier molecular flexibility index (Phi) is 9.88. The summed E-state index contributed by atoms with van der Waals surface area (Å²) in [4.78, 5) is 27.4. The van der Waals surface area contributed by atoms with Gasteiger partial charge in [-0.1, -0.05) is 36.8 Å². The van der Waals surface area contributed by atoms with Gasteiger partial charge in [-0.25, -0.2) is 0 Å². The third kappa shape index (κ3) is 7.63. The molecule has 0 aromatic heterocycles. The largest absolute Gasteiger partial charge is 0.497 e. The van der Waals surface area contributed by atoms with E-state index in [2.05, 4.69) is 5.32 Å². The highest BCUT2D eigenvalue weighted by Gasteiger charge is 2.27. The summed E-state index contributed by atoms with van der Waals surface area (Å²) >= 11 is 0. The van der Waals surface area contributed by atoms with Crippen LogP contribution in [-0.2, 0) is 16.1 Å². The first-order valence-corrected chi connectivity index (χ1v) is 10.9. The molecule has 2 amide bonds. The lowest BCUT2D eigenvalue weighted by molar-refractivity contribution is -0.141. The molecule has 2 rings (SSSR count). The molecule has 0 fully saturated rings. The number of aryl methyl sites for hydroxylation is 1. The molecule has 0 bridgehead atoms. The van der Waals surface area contributed by atoms with Crippen molar-refractivity contribution in [3.05, 3.63) is 59.7 Å². The van der Waals surface area contributed by atoms with Gasteiger partial charge in [0.2, 0.25) is 11.8 Å². The van der Waals surface area contributed by atoms with Crippen LogP contribution in [0.3, 0.4) is 0 Å². The van der Waals surface area contributed by atoms with Crippen LogP contribution in [0.4, 0.5) is 0 Å². The molecular formula is C25H34N2O4. The summed E-state index contributed by atoms with van der Waals surface area (Å²) in [6, 6.07) is 14.9. The molecule has 0 saturated heterocycles. The smallest absolute Gasteiger partial charge is 0.242 e. The van der Waals surface area contributed by atoms with E-state index >= 15 is 0 Å². The van der Waals surface area contributed by atoms with Crippen molar-refractivity contribution >= 4 is 11.8 Å². The van der Waals surface area contributed by atoms with Gasteiger partial charge in [0.15, 0.2) is 0 Å². The van der Waals surface area contributed by atoms with Gasteiger partial charge in [0.1, 0.15) is 17.5 Å². The number of hydrogen-bond acceptors (Lipinski definition) is 4. The SMILES string of the molecule is CCNC(=O)[C@@H](CC)N(Cc1ccc(C)cc1)C(=O)CCCOc1ccc(OC)cc1. The molecule has 1 atom stereocenters. The quantitative estimate of drug-likeness (QED) is 0.519. The molecule has 1 N–H and O–H groups in total. The molecule has 168 valence electrons. The predicted molar refractivity (Wildman–Crippen MR) is 122 cm³/mol. The van der Waals surface area contributed by atoms with Crippen LogP contribution in [0.25, 0.3) is 0 Å². The van der Waals surface area contributed by atoms with Crippen LogP contribution < -0.4 is 14.8 Å². The van der Waals surface area contributed by atoms with Crippen LogP contribution in [0, 0.1) is 6.92 Å². The van der Waals surface area contributed by atoms with Gasteiger partial charge in [-0.2, -0.15) is 0 Å². The lowest BCUT2D eigenvalue weighted by Gasteiger charge is -2.30. The number of methoxy groups -OCH3 is 1. The number of ether oxygens (including phenoxy) is 2. The third-order valence-electron chi connectivity index (χ3n) is 5.07. The predicted octanol–water partition coefficient (Wildman–Crippen LogP) is 4.11. The van der Waals surface area contributed by atoms with Crippen molar-refractivity contribution in [2.45, 2.75) is 52.6 Å². The standard InChI is InChI=1S/C25H34N2O4/c1-5-23(25(29)26-6-2)27(18-20-11-9-19(3)10-12-20)24(28)8-7-17-31-22-15-13-21(30-4)14-16-22/h9-16,23H,5-8,17-18H2,1-4H3,(H,26,29)/t23-/m1/s1. The number of hydrogen-bond donors (Lipinski definition) is 1. The summed E-state index contributed by atoms with van der Waals surface area (Å²) in [5.74, 6) is 1.35. The zero-order valence-corrected chi connectivity index (χ0v) is 19.0. The van der Waals surface area contributed by atoms with Gasteiger partial charge >= 0.3 is 0 Å². The van der Waals surface area contributed by atoms with Crippen molar-refractivity contribution in [1.82, 2.24) is 10.2 Å². The Morgan fingerprint density at radius 2 is 1.65 bits per heavy atom. The lowest BCUT2D eigenvalue weighted by atomic mass is 10.1. The van der Waals surface area contributed by atoms with E-state index < -0.39 is 6.04 Å². The van der Waals surface area contributed by atoms with E-state index in [1.165, 1.54) is 0 Å². The van der Waals surface area contributed by atoms with Gasteiger partial charge in [-0.15, -0.1) is 0 Å². The molecule has 0 aliphatic rings. The monoisotopic (exact) mass is 426 g/mol. The number of rotatable bonds is 12. The number of amides is 2. The molecular weight excluding hydrogens is 392 g/mol. The van der Waals surface area contributed by atoms with Crippen molar-refractivity contribution < 1.29 is 19.1 Å². The summed E-state index contributed by atoms with van der Waals surface area (Å²) < 4.78 is 10.9. The van der Waals surface area contributed by atoms with E-state index in [9.17, 15) is 9.59 Å². The van der Waals surface area contributed by atoms with Crippen LogP contribution >= 0.6 is 0 Å². The molecule has 0 unspecified atom stereocenters. The van der Waals surface area contributed by atoms with Crippen molar-refractivity contribution in [2.24, 2.45) is 0 Å². The fourth-order valence-electron chi connectivity index (χ4n) is 3.33. The average molecular weight is 427 g/mol. The Morgan fingerprint density at radius 3 is 2.23 bits per heavy atom. The molecule has 6 nitrogen and oxygen atoms in total. The molecule has 6 heteroatoms. The van der Waals surface area contributed by atoms with E-state index in [1.807, 2.05) is 69.3 Å². The first-order chi connectivity index (χ1) is 15.0. The molecule has 0 spiro atoms. The van der Waals surface area contributed by atoms with Gasteiger partial charge in [-0.3, -0.25) is 9.59 Å². The average Bonchev–Trinajstić information content (AvgIpc) is 2.78. The van der Waals surface area contributed by atoms with Crippen LogP contribution in [0.1, 0.15) is 44.2 Å². The normalized spacial score (nSPS) is 11.5. The van der Waals surface area contributed by atoms with Gasteiger partial charge in [0.25, 0.3) is 0 Å². The minimum Gasteiger partial charge on any atom is -0.497 e. The second-order valence-electron chi connectivity index (χ2n) is 7.45. The summed E-state index contributed by atoms with van der Waals surface area (Å²) in [6.45, 7) is 7.22. The van der Waals surface area contributed by atoms with Crippen molar-refractivity contribution in [1.29, 1.82) is 0 Å². The third-order valence-corrected chi connectivity index (χ3v) is 5.07. The molecule has 2 aromatic rings. The number of nitrogens with zero attached hydrogens (tertiary/aromatic N) is 1. The molecule has 0 aliphatic carbocycles. The maximum atomic E-state index is 13.1. The highest BCUT2D eigenvalue weighted by atomic mass is 16.5. The Balaban J connectivity index is 2.00. The Labute approximate surface area is 185 Å². The summed E-state index contributed by atoms with van der Waals surface area (Å²) in [7, 11) is 1.62. The highest BCUT2D eigenvalue weighted by molar-refractivity contribution is 5.87. The van der Waals surface area contributed by atoms with Crippen molar-refractivity contribution in [3.63, 3.8) is 0 Å². The van der Waals surface area contributed by atoms with Crippen LogP contribution in [0.2, 0.25) is 0 Å². The van der Waals surface area contributed by atoms with Crippen LogP contribution in [-0.4, -0.2) is 43.0 Å². The second-order valence-corrected chi connectivity index (χ2v) is 7.45. The molecule has 31 heavy (non-hydrogen) atoms. The van der Waals surface area contributed by atoms with Gasteiger partial charge in [0.05, 0.1) is 13.7 Å². The summed E-state index contributed by atoms with van der Waals surface area (Å²) in [5.41, 5.74) is 2.17. The van der Waals surface area contributed by atoms with E-state index in [4.69, 9.17) is 9.47 Å². The van der Waals surface area contributed by atoms with E-state index in [0.29, 0.717) is 39.0 Å². The highest BCUT2D eigenvalue weighted by Crippen LogP contribution is 2.18. The molecule has 0 radical (unpaired) electrons. The van der Waals surface area contributed by atoms with Gasteiger partial charge in [-0.05, 0) is 56.5 Å². The number of carbonyl (C=O) groups is 2. The number of nitrogens with one attached hydrogen (secondary N) is 1. The first kappa shape index (κ1) is 24.3. The van der Waals surface area contributed by atoms with E-state index in [0.717, 1.165) is 22.6 Å². The Bertz CT molecular complexity index is 818. The topological polar surface area (TPSA) is 67.9 Å². The second kappa shape index (κ2) is 12.6. The van der Waals surface area contributed by atoms with Gasteiger partial charge in [0, 0.05) is 19.5 Å². The molecule has 0 heterocycles.